The van der Waals surface area contributed by atoms with E-state index in [1.807, 2.05) is 0 Å². The molecule has 0 bridgehead atoms. The lowest BCUT2D eigenvalue weighted by atomic mass is 10.2. The molecule has 1 aromatic carbocycles. The van der Waals surface area contributed by atoms with E-state index in [2.05, 4.69) is 41.1 Å². The molecule has 5 N–H and O–H groups in total. The molecule has 0 saturated heterocycles. The van der Waals surface area contributed by atoms with Crippen LogP contribution in [0.4, 0.5) is 11.6 Å². The molecule has 0 amide bonds. The van der Waals surface area contributed by atoms with E-state index in [0.717, 1.165) is 9.04 Å². The first-order valence-electron chi connectivity index (χ1n) is 8.70. The minimum atomic E-state index is -1.20. The Labute approximate surface area is 175 Å². The van der Waals surface area contributed by atoms with Crippen LogP contribution in [0.1, 0.15) is 0 Å². The van der Waals surface area contributed by atoms with E-state index >= 15 is 0 Å². The summed E-state index contributed by atoms with van der Waals surface area (Å²) in [6.07, 6.45) is -1.20. The molecule has 0 saturated carbocycles. The molecule has 0 aliphatic carbocycles. The van der Waals surface area contributed by atoms with E-state index in [9.17, 15) is 24.9 Å². The van der Waals surface area contributed by atoms with Crippen LogP contribution in [0.2, 0.25) is 0 Å². The number of rotatable bonds is 5. The first kappa shape index (κ1) is 20.0. The second-order valence-corrected chi connectivity index (χ2v) is 7.48. The first-order valence-corrected chi connectivity index (χ1v) is 9.50. The summed E-state index contributed by atoms with van der Waals surface area (Å²) < 4.78 is 3.14. The largest absolute Gasteiger partial charge is 0.493 e. The lowest BCUT2D eigenvalue weighted by molar-refractivity contribution is 0.0824. The van der Waals surface area contributed by atoms with Gasteiger partial charge in [0.15, 0.2) is 16.9 Å². The van der Waals surface area contributed by atoms with Gasteiger partial charge in [0.25, 0.3) is 11.5 Å². The Morgan fingerprint density at radius 3 is 2.77 bits per heavy atom. The molecule has 4 aromatic rings. The number of aliphatic hydroxyl groups is 2. The van der Waals surface area contributed by atoms with Gasteiger partial charge in [0.1, 0.15) is 0 Å². The van der Waals surface area contributed by atoms with Crippen molar-refractivity contribution in [1.82, 2.24) is 24.1 Å². The zero-order valence-corrected chi connectivity index (χ0v) is 17.1. The minimum Gasteiger partial charge on any atom is -0.493 e. The van der Waals surface area contributed by atoms with Gasteiger partial charge in [-0.2, -0.15) is 4.98 Å². The van der Waals surface area contributed by atoms with Crippen molar-refractivity contribution in [3.63, 3.8) is 0 Å². The van der Waals surface area contributed by atoms with Crippen LogP contribution in [0.5, 0.6) is 5.88 Å². The topological polar surface area (TPSA) is 174 Å². The smallest absolute Gasteiger partial charge is 0.329 e. The van der Waals surface area contributed by atoms with Crippen molar-refractivity contribution in [2.24, 2.45) is 17.3 Å². The number of imidazole rings is 1. The number of benzene rings is 1. The fourth-order valence-electron chi connectivity index (χ4n) is 3.07. The predicted molar refractivity (Wildman–Crippen MR) is 111 cm³/mol. The number of nitrogens with zero attached hydrogens (tertiary/aromatic N) is 5. The highest BCUT2D eigenvalue weighted by molar-refractivity contribution is 9.10. The third-order valence-corrected chi connectivity index (χ3v) is 5.04. The van der Waals surface area contributed by atoms with E-state index in [0.29, 0.717) is 10.9 Å². The number of nitrogens with one attached hydrogen (secondary N) is 2. The fourth-order valence-corrected chi connectivity index (χ4v) is 3.43. The second kappa shape index (κ2) is 7.51. The molecule has 1 atom stereocenters. The van der Waals surface area contributed by atoms with Crippen molar-refractivity contribution in [3.05, 3.63) is 43.5 Å². The van der Waals surface area contributed by atoms with Gasteiger partial charge in [0.05, 0.1) is 24.8 Å². The molecular formula is C17H16BrN7O5. The molecule has 0 aliphatic rings. The van der Waals surface area contributed by atoms with Gasteiger partial charge in [0.2, 0.25) is 5.88 Å². The Bertz CT molecular complexity index is 1410. The number of fused-ring (bicyclic) bond motifs is 2. The predicted octanol–water partition coefficient (Wildman–Crippen LogP) is 1.14. The molecule has 4 rings (SSSR count). The number of H-pyrrole nitrogens is 2. The molecule has 156 valence electrons. The third kappa shape index (κ3) is 3.32. The van der Waals surface area contributed by atoms with Gasteiger partial charge in [-0.25, -0.2) is 4.79 Å². The van der Waals surface area contributed by atoms with Crippen molar-refractivity contribution in [1.29, 1.82) is 0 Å². The Morgan fingerprint density at radius 1 is 1.27 bits per heavy atom. The fraction of sp³-hybridized carbons (Fsp3) is 0.235. The van der Waals surface area contributed by atoms with E-state index in [-0.39, 0.29) is 35.2 Å². The van der Waals surface area contributed by atoms with Gasteiger partial charge in [-0.3, -0.25) is 18.9 Å². The number of hydrogen-bond donors (Lipinski definition) is 5. The summed E-state index contributed by atoms with van der Waals surface area (Å²) in [6.45, 7) is -0.773. The number of hydrogen-bond acceptors (Lipinski definition) is 8. The Morgan fingerprint density at radius 2 is 2.03 bits per heavy atom. The number of aliphatic hydroxyl groups excluding tert-OH is 2. The van der Waals surface area contributed by atoms with Gasteiger partial charge in [0, 0.05) is 16.9 Å². The Hall–Kier alpha value is -3.29. The average Bonchev–Trinajstić information content (AvgIpc) is 3.21. The summed E-state index contributed by atoms with van der Waals surface area (Å²) in [5.41, 5.74) is -0.574. The normalized spacial score (nSPS) is 13.1. The number of aryl methyl sites for hydroxylation is 1. The SMILES string of the molecule is Cn1c(=O)[nH]c(=O)c2c1nc(N=Nc1c(O)[nH]c3ccc(Br)cc13)n2CC(O)CO. The van der Waals surface area contributed by atoms with Crippen molar-refractivity contribution in [3.8, 4) is 5.88 Å². The van der Waals surface area contributed by atoms with Crippen LogP contribution in [0.25, 0.3) is 22.1 Å². The Kier molecular flexibility index (Phi) is 5.01. The van der Waals surface area contributed by atoms with Gasteiger partial charge < -0.3 is 20.3 Å². The number of aromatic nitrogens is 5. The molecule has 3 aromatic heterocycles. The third-order valence-electron chi connectivity index (χ3n) is 4.54. The minimum absolute atomic E-state index is 0.00977. The number of aromatic amines is 2. The Balaban J connectivity index is 1.92. The van der Waals surface area contributed by atoms with Crippen LogP contribution in [0, 0.1) is 0 Å². The lowest BCUT2D eigenvalue weighted by Gasteiger charge is -2.09. The van der Waals surface area contributed by atoms with Crippen molar-refractivity contribution in [2.75, 3.05) is 6.61 Å². The molecule has 0 spiro atoms. The summed E-state index contributed by atoms with van der Waals surface area (Å²) in [5, 5.41) is 38.0. The summed E-state index contributed by atoms with van der Waals surface area (Å²) in [4.78, 5) is 33.4. The summed E-state index contributed by atoms with van der Waals surface area (Å²) in [6, 6.07) is 5.29. The molecule has 12 nitrogen and oxygen atoms in total. The molecule has 0 aliphatic heterocycles. The van der Waals surface area contributed by atoms with Gasteiger partial charge in [-0.15, -0.1) is 10.2 Å². The van der Waals surface area contributed by atoms with Gasteiger partial charge in [-0.1, -0.05) is 15.9 Å². The van der Waals surface area contributed by atoms with Crippen LogP contribution in [0.3, 0.4) is 0 Å². The molecule has 0 radical (unpaired) electrons. The quantitative estimate of drug-likeness (QED) is 0.269. The number of halogens is 1. The van der Waals surface area contributed by atoms with Crippen molar-refractivity contribution < 1.29 is 15.3 Å². The maximum atomic E-state index is 12.4. The van der Waals surface area contributed by atoms with Gasteiger partial charge in [-0.05, 0) is 18.2 Å². The number of aromatic hydroxyl groups is 1. The van der Waals surface area contributed by atoms with E-state index in [1.165, 1.54) is 11.6 Å². The van der Waals surface area contributed by atoms with Crippen LogP contribution >= 0.6 is 15.9 Å². The monoisotopic (exact) mass is 477 g/mol. The second-order valence-electron chi connectivity index (χ2n) is 6.56. The van der Waals surface area contributed by atoms with Crippen LogP contribution in [-0.2, 0) is 13.6 Å². The van der Waals surface area contributed by atoms with E-state index in [4.69, 9.17) is 0 Å². The van der Waals surface area contributed by atoms with Gasteiger partial charge >= 0.3 is 5.69 Å². The van der Waals surface area contributed by atoms with Crippen molar-refractivity contribution >= 4 is 49.6 Å². The summed E-state index contributed by atoms with van der Waals surface area (Å²) in [5.74, 6) is -0.303. The summed E-state index contributed by atoms with van der Waals surface area (Å²) in [7, 11) is 1.42. The van der Waals surface area contributed by atoms with Crippen molar-refractivity contribution in [2.45, 2.75) is 12.6 Å². The molecular weight excluding hydrogens is 462 g/mol. The zero-order valence-electron chi connectivity index (χ0n) is 15.5. The highest BCUT2D eigenvalue weighted by Crippen LogP contribution is 2.37. The first-order chi connectivity index (χ1) is 14.3. The van der Waals surface area contributed by atoms with Crippen LogP contribution in [-0.4, -0.2) is 52.1 Å². The van der Waals surface area contributed by atoms with E-state index < -0.39 is 24.0 Å². The highest BCUT2D eigenvalue weighted by Gasteiger charge is 2.20. The maximum absolute atomic E-state index is 12.4. The zero-order chi connectivity index (χ0) is 21.6. The number of azo groups is 1. The summed E-state index contributed by atoms with van der Waals surface area (Å²) >= 11 is 3.36. The standard InChI is InChI=1S/C17H16BrN7O5/c1-24-13-12(15(29)21-17(24)30)25(5-8(27)6-26)16(20-13)23-22-11-9-4-7(18)2-3-10(9)19-14(11)28/h2-4,8,19,26-28H,5-6H2,1H3,(H,21,29,30). The van der Waals surface area contributed by atoms with Crippen LogP contribution < -0.4 is 11.2 Å². The molecule has 13 heteroatoms. The highest BCUT2D eigenvalue weighted by atomic mass is 79.9. The maximum Gasteiger partial charge on any atom is 0.329 e. The molecule has 3 heterocycles. The average molecular weight is 478 g/mol. The van der Waals surface area contributed by atoms with Crippen LogP contribution in [0.15, 0.2) is 42.5 Å². The molecule has 1 unspecified atom stereocenters. The molecule has 30 heavy (non-hydrogen) atoms. The van der Waals surface area contributed by atoms with E-state index in [1.54, 1.807) is 18.2 Å². The molecule has 0 fully saturated rings. The lowest BCUT2D eigenvalue weighted by Crippen LogP contribution is -2.30.